The number of hydrogen-bond acceptors (Lipinski definition) is 4. The van der Waals surface area contributed by atoms with Crippen LogP contribution in [0.25, 0.3) is 0 Å². The van der Waals surface area contributed by atoms with Gasteiger partial charge in [0, 0.05) is 18.0 Å². The number of rotatable bonds is 5. The molecule has 4 heteroatoms. The third-order valence-electron chi connectivity index (χ3n) is 2.41. The molecule has 0 aliphatic heterocycles. The molecule has 3 nitrogen and oxygen atoms in total. The zero-order chi connectivity index (χ0) is 11.3. The number of hydrogen-bond donors (Lipinski definition) is 2. The average Bonchev–Trinajstić information content (AvgIpc) is 2.24. The quantitative estimate of drug-likeness (QED) is 0.808. The van der Waals surface area contributed by atoms with Crippen molar-refractivity contribution in [3.05, 3.63) is 17.8 Å². The van der Waals surface area contributed by atoms with E-state index in [0.29, 0.717) is 6.04 Å². The highest BCUT2D eigenvalue weighted by atomic mass is 32.2. The molecular weight excluding hydrogens is 206 g/mol. The lowest BCUT2D eigenvalue weighted by molar-refractivity contribution is 0.770. The van der Waals surface area contributed by atoms with Crippen molar-refractivity contribution in [3.63, 3.8) is 0 Å². The van der Waals surface area contributed by atoms with Crippen LogP contribution in [-0.4, -0.2) is 23.0 Å². The van der Waals surface area contributed by atoms with Crippen LogP contribution < -0.4 is 11.1 Å². The molecule has 0 radical (unpaired) electrons. The summed E-state index contributed by atoms with van der Waals surface area (Å²) in [5.74, 6) is 1.89. The van der Waals surface area contributed by atoms with Gasteiger partial charge in [-0.2, -0.15) is 11.8 Å². The van der Waals surface area contributed by atoms with E-state index in [2.05, 4.69) is 23.5 Å². The molecule has 1 aromatic rings. The van der Waals surface area contributed by atoms with Crippen LogP contribution in [0.5, 0.6) is 0 Å². The molecule has 1 heterocycles. The predicted molar refractivity (Wildman–Crippen MR) is 69.5 cm³/mol. The Hall–Kier alpha value is -0.900. The van der Waals surface area contributed by atoms with E-state index in [9.17, 15) is 0 Å². The molecule has 1 aromatic heterocycles. The van der Waals surface area contributed by atoms with Crippen molar-refractivity contribution in [3.8, 4) is 0 Å². The number of anilines is 2. The molecule has 0 saturated heterocycles. The van der Waals surface area contributed by atoms with Crippen molar-refractivity contribution in [1.82, 2.24) is 4.98 Å². The molecule has 0 aliphatic rings. The standard InChI is InChI=1S/C11H19N3S/c1-4-9(7-15-3)14-11-10(12)8(2)5-6-13-11/h5-6,9H,4,7,12H2,1-3H3,(H,13,14). The van der Waals surface area contributed by atoms with Crippen LogP contribution in [0.2, 0.25) is 0 Å². The Kier molecular flexibility index (Phi) is 4.75. The zero-order valence-corrected chi connectivity index (χ0v) is 10.4. The second kappa shape index (κ2) is 5.85. The first-order chi connectivity index (χ1) is 7.19. The van der Waals surface area contributed by atoms with E-state index in [1.54, 1.807) is 6.20 Å². The minimum Gasteiger partial charge on any atom is -0.396 e. The molecule has 0 saturated carbocycles. The minimum atomic E-state index is 0.441. The maximum Gasteiger partial charge on any atom is 0.149 e. The molecule has 0 aromatic carbocycles. The van der Waals surface area contributed by atoms with Gasteiger partial charge in [0.1, 0.15) is 5.82 Å². The van der Waals surface area contributed by atoms with Gasteiger partial charge < -0.3 is 11.1 Å². The largest absolute Gasteiger partial charge is 0.396 e. The van der Waals surface area contributed by atoms with Crippen LogP contribution in [0.3, 0.4) is 0 Å². The Balaban J connectivity index is 2.74. The molecule has 1 atom stereocenters. The summed E-state index contributed by atoms with van der Waals surface area (Å²) in [5, 5.41) is 3.38. The molecule has 1 unspecified atom stereocenters. The highest BCUT2D eigenvalue weighted by Crippen LogP contribution is 2.20. The molecule has 0 amide bonds. The van der Waals surface area contributed by atoms with Crippen molar-refractivity contribution in [2.45, 2.75) is 26.3 Å². The van der Waals surface area contributed by atoms with Gasteiger partial charge >= 0.3 is 0 Å². The van der Waals surface area contributed by atoms with Crippen molar-refractivity contribution in [2.75, 3.05) is 23.1 Å². The number of nitrogens with two attached hydrogens (primary N) is 1. The summed E-state index contributed by atoms with van der Waals surface area (Å²) < 4.78 is 0. The topological polar surface area (TPSA) is 50.9 Å². The molecule has 15 heavy (non-hydrogen) atoms. The summed E-state index contributed by atoms with van der Waals surface area (Å²) in [6.07, 6.45) is 4.98. The van der Waals surface area contributed by atoms with Crippen molar-refractivity contribution < 1.29 is 0 Å². The van der Waals surface area contributed by atoms with Crippen LogP contribution in [0.1, 0.15) is 18.9 Å². The van der Waals surface area contributed by atoms with Crippen molar-refractivity contribution in [2.24, 2.45) is 0 Å². The van der Waals surface area contributed by atoms with Gasteiger partial charge in [-0.05, 0) is 31.2 Å². The summed E-state index contributed by atoms with van der Waals surface area (Å²) in [5.41, 5.74) is 7.79. The fourth-order valence-corrected chi connectivity index (χ4v) is 2.06. The van der Waals surface area contributed by atoms with Gasteiger partial charge in [0.25, 0.3) is 0 Å². The minimum absolute atomic E-state index is 0.441. The van der Waals surface area contributed by atoms with Crippen LogP contribution in [0.15, 0.2) is 12.3 Å². The van der Waals surface area contributed by atoms with Crippen molar-refractivity contribution >= 4 is 23.3 Å². The summed E-state index contributed by atoms with van der Waals surface area (Å²) in [6, 6.07) is 2.37. The Morgan fingerprint density at radius 3 is 2.93 bits per heavy atom. The molecule has 3 N–H and O–H groups in total. The first-order valence-electron chi connectivity index (χ1n) is 5.15. The summed E-state index contributed by atoms with van der Waals surface area (Å²) in [4.78, 5) is 4.26. The van der Waals surface area contributed by atoms with Crippen LogP contribution >= 0.6 is 11.8 Å². The van der Waals surface area contributed by atoms with Gasteiger partial charge in [0.05, 0.1) is 5.69 Å². The normalized spacial score (nSPS) is 12.5. The van der Waals surface area contributed by atoms with Crippen molar-refractivity contribution in [1.29, 1.82) is 0 Å². The number of aromatic nitrogens is 1. The van der Waals surface area contributed by atoms with E-state index in [1.165, 1.54) is 0 Å². The fourth-order valence-electron chi connectivity index (χ4n) is 1.34. The number of nitrogens with one attached hydrogen (secondary N) is 1. The van der Waals surface area contributed by atoms with E-state index in [4.69, 9.17) is 5.73 Å². The molecule has 84 valence electrons. The maximum absolute atomic E-state index is 5.95. The lowest BCUT2D eigenvalue weighted by Gasteiger charge is -2.18. The second-order valence-electron chi connectivity index (χ2n) is 3.59. The summed E-state index contributed by atoms with van der Waals surface area (Å²) >= 11 is 1.83. The third kappa shape index (κ3) is 3.30. The predicted octanol–water partition coefficient (Wildman–Crippen LogP) is 2.53. The van der Waals surface area contributed by atoms with Gasteiger partial charge in [-0.3, -0.25) is 0 Å². The van der Waals surface area contributed by atoms with Gasteiger partial charge in [-0.15, -0.1) is 0 Å². The maximum atomic E-state index is 5.95. The van der Waals surface area contributed by atoms with Gasteiger partial charge in [0.15, 0.2) is 0 Å². The summed E-state index contributed by atoms with van der Waals surface area (Å²) in [7, 11) is 0. The zero-order valence-electron chi connectivity index (χ0n) is 9.58. The lowest BCUT2D eigenvalue weighted by atomic mass is 10.2. The van der Waals surface area contributed by atoms with Gasteiger partial charge in [-0.1, -0.05) is 6.92 Å². The number of thioether (sulfide) groups is 1. The first-order valence-corrected chi connectivity index (χ1v) is 6.55. The highest BCUT2D eigenvalue weighted by Gasteiger charge is 2.09. The van der Waals surface area contributed by atoms with E-state index in [1.807, 2.05) is 24.8 Å². The van der Waals surface area contributed by atoms with Gasteiger partial charge in [-0.25, -0.2) is 4.98 Å². The Morgan fingerprint density at radius 1 is 1.60 bits per heavy atom. The van der Waals surface area contributed by atoms with E-state index >= 15 is 0 Å². The van der Waals surface area contributed by atoms with Crippen LogP contribution in [0, 0.1) is 6.92 Å². The molecule has 1 rings (SSSR count). The fraction of sp³-hybridized carbons (Fsp3) is 0.545. The smallest absolute Gasteiger partial charge is 0.149 e. The van der Waals surface area contributed by atoms with E-state index in [-0.39, 0.29) is 0 Å². The third-order valence-corrected chi connectivity index (χ3v) is 3.15. The number of nitrogens with zero attached hydrogens (tertiary/aromatic N) is 1. The first kappa shape index (κ1) is 12.2. The molecular formula is C11H19N3S. The molecule has 0 aliphatic carbocycles. The van der Waals surface area contributed by atoms with Gasteiger partial charge in [0.2, 0.25) is 0 Å². The van der Waals surface area contributed by atoms with E-state index < -0.39 is 0 Å². The number of pyridine rings is 1. The monoisotopic (exact) mass is 225 g/mol. The van der Waals surface area contributed by atoms with E-state index in [0.717, 1.165) is 29.2 Å². The Morgan fingerprint density at radius 2 is 2.33 bits per heavy atom. The number of nitrogen functional groups attached to an aromatic ring is 1. The molecule has 0 spiro atoms. The molecule has 0 fully saturated rings. The number of aryl methyl sites for hydroxylation is 1. The Bertz CT molecular complexity index is 315. The van der Waals surface area contributed by atoms with Crippen LogP contribution in [0.4, 0.5) is 11.5 Å². The Labute approximate surface area is 95.9 Å². The second-order valence-corrected chi connectivity index (χ2v) is 4.51. The summed E-state index contributed by atoms with van der Waals surface area (Å²) in [6.45, 7) is 4.16. The lowest BCUT2D eigenvalue weighted by Crippen LogP contribution is -2.22. The highest BCUT2D eigenvalue weighted by molar-refractivity contribution is 7.98. The van der Waals surface area contributed by atoms with Crippen LogP contribution in [-0.2, 0) is 0 Å². The average molecular weight is 225 g/mol. The SMILES string of the molecule is CCC(CSC)Nc1nccc(C)c1N. The molecule has 0 bridgehead atoms.